The Hall–Kier alpha value is -1.82. The molecule has 0 radical (unpaired) electrons. The summed E-state index contributed by atoms with van der Waals surface area (Å²) >= 11 is 5.90. The molecular formula is C20H25ClN2O3. The lowest BCUT2D eigenvalue weighted by molar-refractivity contribution is -0.125. The second kappa shape index (κ2) is 8.25. The molecule has 0 bridgehead atoms. The molecule has 0 saturated carbocycles. The largest absolute Gasteiger partial charge is 0.459 e. The van der Waals surface area contributed by atoms with Gasteiger partial charge >= 0.3 is 0 Å². The molecule has 1 fully saturated rings. The minimum absolute atomic E-state index is 0.0375. The highest BCUT2D eigenvalue weighted by Crippen LogP contribution is 2.24. The fourth-order valence-electron chi connectivity index (χ4n) is 3.55. The van der Waals surface area contributed by atoms with Gasteiger partial charge in [-0.25, -0.2) is 0 Å². The lowest BCUT2D eigenvalue weighted by Crippen LogP contribution is -2.51. The highest BCUT2D eigenvalue weighted by atomic mass is 35.5. The van der Waals surface area contributed by atoms with Crippen LogP contribution in [0, 0.1) is 0 Å². The lowest BCUT2D eigenvalue weighted by Gasteiger charge is -2.40. The molecule has 1 aromatic heterocycles. The van der Waals surface area contributed by atoms with Gasteiger partial charge in [-0.2, -0.15) is 0 Å². The van der Waals surface area contributed by atoms with Crippen LogP contribution in [0.25, 0.3) is 11.3 Å². The number of benzene rings is 1. The smallest absolute Gasteiger partial charge is 0.234 e. The third-order valence-electron chi connectivity index (χ3n) is 4.94. The van der Waals surface area contributed by atoms with E-state index < -0.39 is 0 Å². The standard InChI is InChI=1S/C20H25ClN2O3/c1-13-9-17(24)10-14(2)23(13)12-20(25)22-11-18-7-8-19(26-18)15-3-5-16(21)6-4-15/h3-8,13-14,17,24H,9-12H2,1-2H3,(H,22,25)/t13-,14+,17?. The zero-order chi connectivity index (χ0) is 18.7. The highest BCUT2D eigenvalue weighted by Gasteiger charge is 2.30. The van der Waals surface area contributed by atoms with E-state index in [1.54, 1.807) is 0 Å². The number of hydrogen-bond donors (Lipinski definition) is 2. The van der Waals surface area contributed by atoms with Crippen molar-refractivity contribution in [1.29, 1.82) is 0 Å². The topological polar surface area (TPSA) is 65.7 Å². The molecule has 2 heterocycles. The van der Waals surface area contributed by atoms with E-state index in [9.17, 15) is 9.90 Å². The monoisotopic (exact) mass is 376 g/mol. The van der Waals surface area contributed by atoms with Gasteiger partial charge in [0.15, 0.2) is 0 Å². The fraction of sp³-hybridized carbons (Fsp3) is 0.450. The Morgan fingerprint density at radius 1 is 1.19 bits per heavy atom. The second-order valence-electron chi connectivity index (χ2n) is 7.05. The van der Waals surface area contributed by atoms with E-state index in [-0.39, 0.29) is 24.1 Å². The molecule has 1 aliphatic rings. The number of aliphatic hydroxyl groups is 1. The van der Waals surface area contributed by atoms with Gasteiger partial charge in [-0.1, -0.05) is 11.6 Å². The molecule has 1 aromatic carbocycles. The van der Waals surface area contributed by atoms with Crippen molar-refractivity contribution < 1.29 is 14.3 Å². The number of aliphatic hydroxyl groups excluding tert-OH is 1. The van der Waals surface area contributed by atoms with Crippen LogP contribution in [-0.2, 0) is 11.3 Å². The maximum Gasteiger partial charge on any atom is 0.234 e. The second-order valence-corrected chi connectivity index (χ2v) is 7.48. The normalized spacial score (nSPS) is 23.8. The fourth-order valence-corrected chi connectivity index (χ4v) is 3.68. The highest BCUT2D eigenvalue weighted by molar-refractivity contribution is 6.30. The molecule has 6 heteroatoms. The molecule has 3 rings (SSSR count). The van der Waals surface area contributed by atoms with Crippen molar-refractivity contribution in [3.63, 3.8) is 0 Å². The number of likely N-dealkylation sites (tertiary alicyclic amines) is 1. The number of carbonyl (C=O) groups excluding carboxylic acids is 1. The molecule has 3 atom stereocenters. The van der Waals surface area contributed by atoms with Crippen molar-refractivity contribution in [2.75, 3.05) is 6.54 Å². The SMILES string of the molecule is C[C@@H]1CC(O)C[C@H](C)N1CC(=O)NCc1ccc(-c2ccc(Cl)cc2)o1. The molecular weight excluding hydrogens is 352 g/mol. The average molecular weight is 377 g/mol. The number of nitrogens with one attached hydrogen (secondary N) is 1. The van der Waals surface area contributed by atoms with Crippen LogP contribution < -0.4 is 5.32 Å². The van der Waals surface area contributed by atoms with Gasteiger partial charge < -0.3 is 14.8 Å². The van der Waals surface area contributed by atoms with Gasteiger partial charge in [0.25, 0.3) is 0 Å². The van der Waals surface area contributed by atoms with Gasteiger partial charge in [0.1, 0.15) is 11.5 Å². The number of furan rings is 1. The first kappa shape index (κ1) is 19.0. The molecule has 0 spiro atoms. The maximum atomic E-state index is 12.3. The molecule has 1 unspecified atom stereocenters. The van der Waals surface area contributed by atoms with Gasteiger partial charge in [-0.05, 0) is 63.1 Å². The van der Waals surface area contributed by atoms with Crippen LogP contribution in [0.15, 0.2) is 40.8 Å². The van der Waals surface area contributed by atoms with Crippen molar-refractivity contribution in [2.45, 2.75) is 51.4 Å². The zero-order valence-corrected chi connectivity index (χ0v) is 15.9. The molecule has 1 amide bonds. The van der Waals surface area contributed by atoms with Gasteiger partial charge in [0, 0.05) is 22.7 Å². The van der Waals surface area contributed by atoms with E-state index in [2.05, 4.69) is 24.1 Å². The van der Waals surface area contributed by atoms with Crippen LogP contribution in [0.3, 0.4) is 0 Å². The van der Waals surface area contributed by atoms with Crippen molar-refractivity contribution in [2.24, 2.45) is 0 Å². The van der Waals surface area contributed by atoms with Crippen LogP contribution in [0.5, 0.6) is 0 Å². The summed E-state index contributed by atoms with van der Waals surface area (Å²) in [7, 11) is 0. The molecule has 140 valence electrons. The number of amides is 1. The summed E-state index contributed by atoms with van der Waals surface area (Å²) in [5, 5.41) is 13.4. The van der Waals surface area contributed by atoms with E-state index in [0.717, 1.165) is 11.3 Å². The van der Waals surface area contributed by atoms with Gasteiger partial charge in [-0.15, -0.1) is 0 Å². The number of hydrogen-bond acceptors (Lipinski definition) is 4. The van der Waals surface area contributed by atoms with Crippen LogP contribution in [0.1, 0.15) is 32.4 Å². The minimum atomic E-state index is -0.270. The summed E-state index contributed by atoms with van der Waals surface area (Å²) in [6.07, 6.45) is 1.15. The van der Waals surface area contributed by atoms with Crippen molar-refractivity contribution in [3.05, 3.63) is 47.2 Å². The Bertz CT molecular complexity index is 732. The van der Waals surface area contributed by atoms with Crippen molar-refractivity contribution >= 4 is 17.5 Å². The third-order valence-corrected chi connectivity index (χ3v) is 5.19. The van der Waals surface area contributed by atoms with Gasteiger partial charge in [0.2, 0.25) is 5.91 Å². The minimum Gasteiger partial charge on any atom is -0.459 e. The Morgan fingerprint density at radius 2 is 1.85 bits per heavy atom. The number of rotatable bonds is 5. The van der Waals surface area contributed by atoms with E-state index in [0.29, 0.717) is 36.7 Å². The first-order valence-corrected chi connectivity index (χ1v) is 9.35. The number of nitrogens with zero attached hydrogens (tertiary/aromatic N) is 1. The predicted molar refractivity (Wildman–Crippen MR) is 102 cm³/mol. The van der Waals surface area contributed by atoms with Crippen molar-refractivity contribution in [3.8, 4) is 11.3 Å². The third kappa shape index (κ3) is 4.67. The summed E-state index contributed by atoms with van der Waals surface area (Å²) < 4.78 is 5.80. The molecule has 1 aliphatic heterocycles. The molecule has 2 N–H and O–H groups in total. The molecule has 26 heavy (non-hydrogen) atoms. The van der Waals surface area contributed by atoms with E-state index >= 15 is 0 Å². The Morgan fingerprint density at radius 3 is 2.50 bits per heavy atom. The molecule has 1 saturated heterocycles. The lowest BCUT2D eigenvalue weighted by atomic mass is 9.95. The molecule has 2 aromatic rings. The van der Waals surface area contributed by atoms with Crippen LogP contribution in [0.4, 0.5) is 0 Å². The number of halogens is 1. The summed E-state index contributed by atoms with van der Waals surface area (Å²) in [6, 6.07) is 11.6. The summed E-state index contributed by atoms with van der Waals surface area (Å²) in [6.45, 7) is 4.79. The van der Waals surface area contributed by atoms with E-state index in [1.807, 2.05) is 36.4 Å². The van der Waals surface area contributed by atoms with Gasteiger partial charge in [-0.3, -0.25) is 9.69 Å². The maximum absolute atomic E-state index is 12.3. The first-order valence-electron chi connectivity index (χ1n) is 8.97. The predicted octanol–water partition coefficient (Wildman–Crippen LogP) is 3.45. The quantitative estimate of drug-likeness (QED) is 0.838. The van der Waals surface area contributed by atoms with Gasteiger partial charge in [0.05, 0.1) is 19.2 Å². The van der Waals surface area contributed by atoms with Crippen molar-refractivity contribution in [1.82, 2.24) is 10.2 Å². The zero-order valence-electron chi connectivity index (χ0n) is 15.1. The summed E-state index contributed by atoms with van der Waals surface area (Å²) in [5.41, 5.74) is 0.946. The average Bonchev–Trinajstić information content (AvgIpc) is 3.06. The number of carbonyl (C=O) groups is 1. The summed E-state index contributed by atoms with van der Waals surface area (Å²) in [4.78, 5) is 14.4. The first-order chi connectivity index (χ1) is 12.4. The van der Waals surface area contributed by atoms with Crippen LogP contribution in [-0.4, -0.2) is 40.6 Å². The van der Waals surface area contributed by atoms with E-state index in [4.69, 9.17) is 16.0 Å². The Kier molecular flexibility index (Phi) is 6.01. The Labute approximate surface area is 158 Å². The number of piperidine rings is 1. The van der Waals surface area contributed by atoms with Crippen LogP contribution >= 0.6 is 11.6 Å². The van der Waals surface area contributed by atoms with Crippen LogP contribution in [0.2, 0.25) is 5.02 Å². The summed E-state index contributed by atoms with van der Waals surface area (Å²) in [5.74, 6) is 1.42. The molecule has 0 aliphatic carbocycles. The van der Waals surface area contributed by atoms with E-state index in [1.165, 1.54) is 0 Å². The Balaban J connectivity index is 1.53. The molecule has 5 nitrogen and oxygen atoms in total.